The van der Waals surface area contributed by atoms with Gasteiger partial charge in [-0.3, -0.25) is 4.68 Å². The Bertz CT molecular complexity index is 708. The fourth-order valence-electron chi connectivity index (χ4n) is 2.91. The predicted octanol–water partition coefficient (Wildman–Crippen LogP) is 1.58. The SMILES string of the molecule is Cn1cc(Nc2ncc(Cl)c(N[C@H]3COC4CCOC43)n2)cn1. The Hall–Kier alpha value is -1.90. The van der Waals surface area contributed by atoms with Gasteiger partial charge in [-0.2, -0.15) is 10.1 Å². The summed E-state index contributed by atoms with van der Waals surface area (Å²) in [5.41, 5.74) is 0.809. The zero-order chi connectivity index (χ0) is 15.8. The van der Waals surface area contributed by atoms with Crippen molar-refractivity contribution in [1.29, 1.82) is 0 Å². The van der Waals surface area contributed by atoms with Crippen LogP contribution in [0.1, 0.15) is 6.42 Å². The third-order valence-electron chi connectivity index (χ3n) is 3.99. The topological polar surface area (TPSA) is 86.1 Å². The molecule has 2 saturated heterocycles. The standard InChI is InChI=1S/C14H17ClN6O2/c1-21-6-8(4-17-21)18-14-16-5-9(15)13(20-14)19-10-7-23-11-2-3-22-12(10)11/h4-6,10-12H,2-3,7H2,1H3,(H2,16,18,19,20)/t10-,11?,12?/m0/s1. The number of nitrogens with zero attached hydrogens (tertiary/aromatic N) is 4. The van der Waals surface area contributed by atoms with Gasteiger partial charge in [-0.15, -0.1) is 0 Å². The summed E-state index contributed by atoms with van der Waals surface area (Å²) in [6.45, 7) is 1.32. The molecule has 2 fully saturated rings. The Morgan fingerprint density at radius 2 is 2.26 bits per heavy atom. The van der Waals surface area contributed by atoms with Gasteiger partial charge in [0.2, 0.25) is 5.95 Å². The molecule has 8 nitrogen and oxygen atoms in total. The van der Waals surface area contributed by atoms with Crippen molar-refractivity contribution in [3.63, 3.8) is 0 Å². The normalized spacial score (nSPS) is 26.3. The summed E-state index contributed by atoms with van der Waals surface area (Å²) in [6, 6.07) is 0.0427. The summed E-state index contributed by atoms with van der Waals surface area (Å²) in [5.74, 6) is 1.02. The molecule has 0 bridgehead atoms. The molecule has 4 heterocycles. The molecule has 0 radical (unpaired) electrons. The van der Waals surface area contributed by atoms with Crippen molar-refractivity contribution in [2.75, 3.05) is 23.8 Å². The molecule has 23 heavy (non-hydrogen) atoms. The maximum Gasteiger partial charge on any atom is 0.229 e. The third kappa shape index (κ3) is 2.97. The fourth-order valence-corrected chi connectivity index (χ4v) is 3.06. The van der Waals surface area contributed by atoms with E-state index in [1.165, 1.54) is 0 Å². The van der Waals surface area contributed by atoms with Gasteiger partial charge >= 0.3 is 0 Å². The van der Waals surface area contributed by atoms with Crippen LogP contribution in [-0.4, -0.2) is 51.2 Å². The number of fused-ring (bicyclic) bond motifs is 1. The maximum atomic E-state index is 6.21. The van der Waals surface area contributed by atoms with E-state index >= 15 is 0 Å². The number of hydrogen-bond donors (Lipinski definition) is 2. The van der Waals surface area contributed by atoms with Crippen molar-refractivity contribution in [2.24, 2.45) is 7.05 Å². The number of halogens is 1. The van der Waals surface area contributed by atoms with Gasteiger partial charge in [0, 0.05) is 19.9 Å². The fraction of sp³-hybridized carbons (Fsp3) is 0.500. The molecule has 2 aliphatic heterocycles. The zero-order valence-corrected chi connectivity index (χ0v) is 13.3. The molecule has 2 aliphatic rings. The second-order valence-electron chi connectivity index (χ2n) is 5.66. The molecule has 0 aliphatic carbocycles. The Labute approximate surface area is 138 Å². The van der Waals surface area contributed by atoms with E-state index in [0.717, 1.165) is 18.7 Å². The molecule has 2 aromatic heterocycles. The molecule has 4 rings (SSSR count). The van der Waals surface area contributed by atoms with E-state index in [1.54, 1.807) is 17.1 Å². The van der Waals surface area contributed by atoms with Gasteiger partial charge in [0.1, 0.15) is 11.1 Å². The van der Waals surface area contributed by atoms with Gasteiger partial charge in [-0.1, -0.05) is 11.6 Å². The Kier molecular flexibility index (Phi) is 3.80. The summed E-state index contributed by atoms with van der Waals surface area (Å²) < 4.78 is 13.2. The highest BCUT2D eigenvalue weighted by atomic mass is 35.5. The molecule has 0 aromatic carbocycles. The highest BCUT2D eigenvalue weighted by Crippen LogP contribution is 2.30. The first-order valence-electron chi connectivity index (χ1n) is 7.47. The van der Waals surface area contributed by atoms with Crippen molar-refractivity contribution in [2.45, 2.75) is 24.7 Å². The first kappa shape index (κ1) is 14.7. The third-order valence-corrected chi connectivity index (χ3v) is 4.27. The highest BCUT2D eigenvalue weighted by Gasteiger charge is 2.42. The lowest BCUT2D eigenvalue weighted by Crippen LogP contribution is -2.34. The van der Waals surface area contributed by atoms with Crippen LogP contribution in [0.25, 0.3) is 0 Å². The van der Waals surface area contributed by atoms with Gasteiger partial charge < -0.3 is 20.1 Å². The summed E-state index contributed by atoms with van der Waals surface area (Å²) in [5, 5.41) is 11.0. The molecule has 2 N–H and O–H groups in total. The molecular weight excluding hydrogens is 320 g/mol. The average Bonchev–Trinajstić information content (AvgIpc) is 3.22. The van der Waals surface area contributed by atoms with E-state index in [4.69, 9.17) is 21.1 Å². The van der Waals surface area contributed by atoms with Gasteiger partial charge in [-0.05, 0) is 6.42 Å². The molecule has 0 amide bonds. The molecule has 3 atom stereocenters. The van der Waals surface area contributed by atoms with Crippen molar-refractivity contribution < 1.29 is 9.47 Å². The number of rotatable bonds is 4. The van der Waals surface area contributed by atoms with E-state index in [2.05, 4.69) is 25.7 Å². The number of aromatic nitrogens is 4. The minimum absolute atomic E-state index is 0.0427. The van der Waals surface area contributed by atoms with Crippen LogP contribution in [-0.2, 0) is 16.5 Å². The molecule has 122 valence electrons. The van der Waals surface area contributed by atoms with Crippen molar-refractivity contribution in [1.82, 2.24) is 19.7 Å². The smallest absolute Gasteiger partial charge is 0.229 e. The summed E-state index contributed by atoms with van der Waals surface area (Å²) in [7, 11) is 1.85. The number of nitrogens with one attached hydrogen (secondary N) is 2. The lowest BCUT2D eigenvalue weighted by molar-refractivity contribution is 0.0718. The average molecular weight is 337 g/mol. The molecule has 2 unspecified atom stereocenters. The van der Waals surface area contributed by atoms with Gasteiger partial charge in [0.15, 0.2) is 5.82 Å². The van der Waals surface area contributed by atoms with Crippen molar-refractivity contribution in [3.05, 3.63) is 23.6 Å². The lowest BCUT2D eigenvalue weighted by atomic mass is 10.1. The van der Waals surface area contributed by atoms with E-state index in [-0.39, 0.29) is 18.2 Å². The van der Waals surface area contributed by atoms with Crippen molar-refractivity contribution >= 4 is 29.1 Å². The van der Waals surface area contributed by atoms with Crippen LogP contribution in [0.5, 0.6) is 0 Å². The van der Waals surface area contributed by atoms with E-state index in [0.29, 0.717) is 23.4 Å². The largest absolute Gasteiger partial charge is 0.373 e. The van der Waals surface area contributed by atoms with Crippen molar-refractivity contribution in [3.8, 4) is 0 Å². The second-order valence-corrected chi connectivity index (χ2v) is 6.07. The minimum Gasteiger partial charge on any atom is -0.373 e. The van der Waals surface area contributed by atoms with Crippen LogP contribution in [0.4, 0.5) is 17.5 Å². The van der Waals surface area contributed by atoms with Gasteiger partial charge in [0.05, 0.1) is 36.8 Å². The molecule has 9 heteroatoms. The second kappa shape index (κ2) is 5.95. The summed E-state index contributed by atoms with van der Waals surface area (Å²) in [4.78, 5) is 8.63. The monoisotopic (exact) mass is 336 g/mol. The van der Waals surface area contributed by atoms with E-state index in [9.17, 15) is 0 Å². The van der Waals surface area contributed by atoms with Crippen LogP contribution in [0.3, 0.4) is 0 Å². The first-order valence-corrected chi connectivity index (χ1v) is 7.85. The van der Waals surface area contributed by atoms with E-state index < -0.39 is 0 Å². The number of aryl methyl sites for hydroxylation is 1. The first-order chi connectivity index (χ1) is 11.2. The summed E-state index contributed by atoms with van der Waals surface area (Å²) >= 11 is 6.21. The number of ether oxygens (including phenoxy) is 2. The summed E-state index contributed by atoms with van der Waals surface area (Å²) in [6.07, 6.45) is 6.27. The Balaban J connectivity index is 1.50. The van der Waals surface area contributed by atoms with Crippen LogP contribution in [0.15, 0.2) is 18.6 Å². The highest BCUT2D eigenvalue weighted by molar-refractivity contribution is 6.32. The lowest BCUT2D eigenvalue weighted by Gasteiger charge is -2.19. The number of hydrogen-bond acceptors (Lipinski definition) is 7. The Morgan fingerprint density at radius 1 is 1.35 bits per heavy atom. The van der Waals surface area contributed by atoms with Crippen LogP contribution in [0.2, 0.25) is 5.02 Å². The zero-order valence-electron chi connectivity index (χ0n) is 12.6. The molecule has 2 aromatic rings. The predicted molar refractivity (Wildman–Crippen MR) is 85.0 cm³/mol. The van der Waals surface area contributed by atoms with Gasteiger partial charge in [-0.25, -0.2) is 4.98 Å². The van der Waals surface area contributed by atoms with Crippen LogP contribution in [0, 0.1) is 0 Å². The van der Waals surface area contributed by atoms with E-state index in [1.807, 2.05) is 13.2 Å². The van der Waals surface area contributed by atoms with Crippen LogP contribution >= 0.6 is 11.6 Å². The molecule has 0 saturated carbocycles. The van der Waals surface area contributed by atoms with Crippen LogP contribution < -0.4 is 10.6 Å². The maximum absolute atomic E-state index is 6.21. The van der Waals surface area contributed by atoms with Gasteiger partial charge in [0.25, 0.3) is 0 Å². The molecule has 0 spiro atoms. The number of anilines is 3. The molecular formula is C14H17ClN6O2. The minimum atomic E-state index is 0.0427. The quantitative estimate of drug-likeness (QED) is 0.876. The Morgan fingerprint density at radius 3 is 3.09 bits per heavy atom.